The van der Waals surface area contributed by atoms with Gasteiger partial charge in [-0.3, -0.25) is 0 Å². The fraction of sp³-hybridized carbons (Fsp3) is 0.727. The van der Waals surface area contributed by atoms with Crippen molar-refractivity contribution in [3.8, 4) is 0 Å². The Kier molecular flexibility index (Phi) is 7.47. The Labute approximate surface area is 104 Å². The summed E-state index contributed by atoms with van der Waals surface area (Å²) in [6.45, 7) is 1.54. The molecule has 0 aliphatic rings. The molecule has 0 saturated carbocycles. The van der Waals surface area contributed by atoms with Gasteiger partial charge in [-0.1, -0.05) is 0 Å². The van der Waals surface area contributed by atoms with Crippen LogP contribution in [0.5, 0.6) is 0 Å². The van der Waals surface area contributed by atoms with Gasteiger partial charge in [-0.2, -0.15) is 0 Å². The zero-order valence-electron chi connectivity index (χ0n) is 10.3. The average Bonchev–Trinajstić information content (AvgIpc) is 2.78. The highest BCUT2D eigenvalue weighted by molar-refractivity contribution is 5.07. The molecule has 1 rings (SSSR count). The molecule has 104 valence electrons. The maximum atomic E-state index is 11.8. The molecule has 0 amide bonds. The summed E-state index contributed by atoms with van der Waals surface area (Å²) in [6.07, 6.45) is -0.654. The number of alkyl halides is 2. The van der Waals surface area contributed by atoms with E-state index in [-0.39, 0.29) is 6.61 Å². The number of methoxy groups -OCH3 is 1. The zero-order chi connectivity index (χ0) is 13.2. The van der Waals surface area contributed by atoms with Crippen molar-refractivity contribution in [3.05, 3.63) is 17.8 Å². The molecule has 1 heterocycles. The third-order valence-electron chi connectivity index (χ3n) is 2.22. The largest absolute Gasteiger partial charge is 0.448 e. The molecule has 0 radical (unpaired) electrons. The molecule has 1 N–H and O–H groups in total. The molecule has 5 nitrogen and oxygen atoms in total. The number of rotatable bonds is 10. The topological polar surface area (TPSA) is 56.5 Å². The average molecular weight is 264 g/mol. The van der Waals surface area contributed by atoms with Gasteiger partial charge in [0.1, 0.15) is 12.4 Å². The molecule has 1 aromatic rings. The first kappa shape index (κ1) is 15.0. The van der Waals surface area contributed by atoms with Gasteiger partial charge in [-0.25, -0.2) is 13.8 Å². The SMILES string of the molecule is COCCNCc1ncoc1CCOCC(F)F. The summed E-state index contributed by atoms with van der Waals surface area (Å²) in [7, 11) is 1.63. The van der Waals surface area contributed by atoms with Crippen LogP contribution in [0.4, 0.5) is 8.78 Å². The quantitative estimate of drug-likeness (QED) is 0.644. The second-order valence-corrected chi connectivity index (χ2v) is 3.61. The van der Waals surface area contributed by atoms with Crippen LogP contribution in [0, 0.1) is 0 Å². The van der Waals surface area contributed by atoms with Gasteiger partial charge in [0.2, 0.25) is 0 Å². The van der Waals surface area contributed by atoms with E-state index in [1.54, 1.807) is 7.11 Å². The van der Waals surface area contributed by atoms with Crippen LogP contribution in [0.3, 0.4) is 0 Å². The van der Waals surface area contributed by atoms with Crippen molar-refractivity contribution < 1.29 is 22.7 Å². The number of halogens is 2. The van der Waals surface area contributed by atoms with Crippen LogP contribution >= 0.6 is 0 Å². The number of ether oxygens (including phenoxy) is 2. The fourth-order valence-corrected chi connectivity index (χ4v) is 1.36. The highest BCUT2D eigenvalue weighted by Gasteiger charge is 2.08. The molecule has 0 saturated heterocycles. The van der Waals surface area contributed by atoms with E-state index < -0.39 is 13.0 Å². The predicted octanol–water partition coefficient (Wildman–Crippen LogP) is 1.23. The van der Waals surface area contributed by atoms with E-state index in [0.29, 0.717) is 31.9 Å². The predicted molar refractivity (Wildman–Crippen MR) is 60.6 cm³/mol. The van der Waals surface area contributed by atoms with Gasteiger partial charge in [-0.15, -0.1) is 0 Å². The van der Waals surface area contributed by atoms with Gasteiger partial charge in [0.25, 0.3) is 6.43 Å². The summed E-state index contributed by atoms with van der Waals surface area (Å²) in [5, 5.41) is 3.13. The number of hydrogen-bond donors (Lipinski definition) is 1. The van der Waals surface area contributed by atoms with Crippen LogP contribution < -0.4 is 5.32 Å². The maximum absolute atomic E-state index is 11.8. The molecular weight excluding hydrogens is 246 g/mol. The van der Waals surface area contributed by atoms with Gasteiger partial charge >= 0.3 is 0 Å². The Morgan fingerprint density at radius 2 is 2.28 bits per heavy atom. The van der Waals surface area contributed by atoms with Gasteiger partial charge in [0.15, 0.2) is 6.39 Å². The summed E-state index contributed by atoms with van der Waals surface area (Å²) >= 11 is 0. The monoisotopic (exact) mass is 264 g/mol. The van der Waals surface area contributed by atoms with Gasteiger partial charge < -0.3 is 19.2 Å². The number of nitrogens with one attached hydrogen (secondary N) is 1. The van der Waals surface area contributed by atoms with Crippen molar-refractivity contribution in [1.29, 1.82) is 0 Å². The number of oxazole rings is 1. The molecule has 0 aromatic carbocycles. The lowest BCUT2D eigenvalue weighted by molar-refractivity contribution is 0.0176. The first-order valence-electron chi connectivity index (χ1n) is 5.70. The van der Waals surface area contributed by atoms with E-state index in [1.165, 1.54) is 6.39 Å². The maximum Gasteiger partial charge on any atom is 0.261 e. The van der Waals surface area contributed by atoms with Crippen molar-refractivity contribution in [2.75, 3.05) is 33.5 Å². The normalized spacial score (nSPS) is 11.3. The molecule has 0 atom stereocenters. The highest BCUT2D eigenvalue weighted by atomic mass is 19.3. The molecule has 0 unspecified atom stereocenters. The lowest BCUT2D eigenvalue weighted by Crippen LogP contribution is -2.19. The Bertz CT molecular complexity index is 321. The minimum Gasteiger partial charge on any atom is -0.448 e. The molecule has 18 heavy (non-hydrogen) atoms. The summed E-state index contributed by atoms with van der Waals surface area (Å²) in [5.41, 5.74) is 0.770. The first-order valence-corrected chi connectivity index (χ1v) is 5.70. The molecule has 7 heteroatoms. The standard InChI is InChI=1S/C11H18F2N2O3/c1-16-5-3-14-6-9-10(18-8-15-9)2-4-17-7-11(12)13/h8,11,14H,2-7H2,1H3. The number of nitrogens with zero attached hydrogens (tertiary/aromatic N) is 1. The summed E-state index contributed by atoms with van der Waals surface area (Å²) in [5.74, 6) is 0.661. The number of hydrogen-bond acceptors (Lipinski definition) is 5. The van der Waals surface area contributed by atoms with Gasteiger partial charge in [-0.05, 0) is 0 Å². The molecular formula is C11H18F2N2O3. The molecule has 1 aromatic heterocycles. The Morgan fingerprint density at radius 3 is 3.00 bits per heavy atom. The third kappa shape index (κ3) is 6.04. The summed E-state index contributed by atoms with van der Waals surface area (Å²) in [4.78, 5) is 4.05. The van der Waals surface area contributed by atoms with Crippen LogP contribution in [0.1, 0.15) is 11.5 Å². The summed E-state index contributed by atoms with van der Waals surface area (Å²) in [6, 6.07) is 0. The van der Waals surface area contributed by atoms with Crippen LogP contribution in [-0.4, -0.2) is 44.9 Å². The van der Waals surface area contributed by atoms with Crippen molar-refractivity contribution >= 4 is 0 Å². The van der Waals surface area contributed by atoms with Crippen LogP contribution in [0.25, 0.3) is 0 Å². The molecule has 0 spiro atoms. The summed E-state index contributed by atoms with van der Waals surface area (Å²) < 4.78 is 38.5. The molecule has 0 aliphatic heterocycles. The fourth-order valence-electron chi connectivity index (χ4n) is 1.36. The Balaban J connectivity index is 2.22. The van der Waals surface area contributed by atoms with Gasteiger partial charge in [0, 0.05) is 26.6 Å². The molecule has 0 aliphatic carbocycles. The highest BCUT2D eigenvalue weighted by Crippen LogP contribution is 2.07. The van der Waals surface area contributed by atoms with E-state index in [0.717, 1.165) is 5.69 Å². The minimum atomic E-state index is -2.44. The van der Waals surface area contributed by atoms with Crippen LogP contribution in [0.15, 0.2) is 10.8 Å². The molecule has 0 fully saturated rings. The van der Waals surface area contributed by atoms with Gasteiger partial charge in [0.05, 0.1) is 18.9 Å². The zero-order valence-corrected chi connectivity index (χ0v) is 10.3. The minimum absolute atomic E-state index is 0.199. The first-order chi connectivity index (χ1) is 8.74. The van der Waals surface area contributed by atoms with E-state index in [4.69, 9.17) is 13.9 Å². The lowest BCUT2D eigenvalue weighted by Gasteiger charge is -2.04. The number of aromatic nitrogens is 1. The second kappa shape index (κ2) is 8.96. The lowest BCUT2D eigenvalue weighted by atomic mass is 10.2. The smallest absolute Gasteiger partial charge is 0.261 e. The second-order valence-electron chi connectivity index (χ2n) is 3.61. The Morgan fingerprint density at radius 1 is 1.44 bits per heavy atom. The van der Waals surface area contributed by atoms with E-state index >= 15 is 0 Å². The van der Waals surface area contributed by atoms with Crippen molar-refractivity contribution in [2.24, 2.45) is 0 Å². The van der Waals surface area contributed by atoms with E-state index in [2.05, 4.69) is 10.3 Å². The Hall–Kier alpha value is -1.05. The van der Waals surface area contributed by atoms with E-state index in [1.807, 2.05) is 0 Å². The van der Waals surface area contributed by atoms with Crippen molar-refractivity contribution in [2.45, 2.75) is 19.4 Å². The van der Waals surface area contributed by atoms with Crippen molar-refractivity contribution in [3.63, 3.8) is 0 Å². The molecule has 0 bridgehead atoms. The third-order valence-corrected chi connectivity index (χ3v) is 2.22. The van der Waals surface area contributed by atoms with Crippen LogP contribution in [-0.2, 0) is 22.4 Å². The van der Waals surface area contributed by atoms with Crippen molar-refractivity contribution in [1.82, 2.24) is 10.3 Å². The van der Waals surface area contributed by atoms with E-state index in [9.17, 15) is 8.78 Å². The van der Waals surface area contributed by atoms with Crippen LogP contribution in [0.2, 0.25) is 0 Å².